The molecule has 0 fully saturated rings. The minimum Gasteiger partial charge on any atom is -1.00 e. The molecule has 0 spiro atoms. The summed E-state index contributed by atoms with van der Waals surface area (Å²) in [6, 6.07) is 22.7. The minimum atomic E-state index is 0. The van der Waals surface area contributed by atoms with Gasteiger partial charge < -0.3 is 22.5 Å². The van der Waals surface area contributed by atoms with Crippen molar-refractivity contribution >= 4 is 11.3 Å². The van der Waals surface area contributed by atoms with Crippen molar-refractivity contribution in [3.63, 3.8) is 0 Å². The number of rotatable bonds is 7. The lowest BCUT2D eigenvalue weighted by atomic mass is 10.2. The van der Waals surface area contributed by atoms with Crippen molar-refractivity contribution in [1.29, 1.82) is 0 Å². The van der Waals surface area contributed by atoms with Crippen LogP contribution in [0.3, 0.4) is 0 Å². The molecule has 120 valence electrons. The van der Waals surface area contributed by atoms with E-state index in [-0.39, 0.29) is 12.4 Å². The Kier molecular flexibility index (Phi) is 7.14. The standard InChI is InChI=1S/C19H19NOS.ClH/c1-2-6-16(7-3-1)15-21-18-9-4-8-17(12-18)13-20-14-19-10-5-11-22-19;/h1-12,20H,13-15H2;1H/p-1. The molecule has 4 heteroatoms. The molecular formula is C19H19ClNOS-. The molecule has 0 radical (unpaired) electrons. The Morgan fingerprint density at radius 2 is 1.65 bits per heavy atom. The van der Waals surface area contributed by atoms with E-state index in [4.69, 9.17) is 4.74 Å². The van der Waals surface area contributed by atoms with Crippen molar-refractivity contribution in [2.24, 2.45) is 0 Å². The highest BCUT2D eigenvalue weighted by Gasteiger charge is 1.99. The van der Waals surface area contributed by atoms with Crippen LogP contribution in [0.15, 0.2) is 72.1 Å². The third-order valence-electron chi connectivity index (χ3n) is 3.36. The van der Waals surface area contributed by atoms with Gasteiger partial charge in [-0.05, 0) is 34.7 Å². The molecule has 0 unspecified atom stereocenters. The largest absolute Gasteiger partial charge is 1.00 e. The summed E-state index contributed by atoms with van der Waals surface area (Å²) in [5, 5.41) is 5.57. The van der Waals surface area contributed by atoms with Crippen molar-refractivity contribution in [2.75, 3.05) is 0 Å². The van der Waals surface area contributed by atoms with Gasteiger partial charge in [0.05, 0.1) is 0 Å². The van der Waals surface area contributed by atoms with Crippen molar-refractivity contribution in [3.8, 4) is 5.75 Å². The lowest BCUT2D eigenvalue weighted by molar-refractivity contribution is -0.00000473. The van der Waals surface area contributed by atoms with Gasteiger partial charge in [-0.2, -0.15) is 0 Å². The number of halogens is 1. The van der Waals surface area contributed by atoms with Crippen LogP contribution in [0.1, 0.15) is 16.0 Å². The van der Waals surface area contributed by atoms with Gasteiger partial charge in [-0.25, -0.2) is 0 Å². The van der Waals surface area contributed by atoms with Crippen LogP contribution in [-0.4, -0.2) is 0 Å². The monoisotopic (exact) mass is 344 g/mol. The van der Waals surface area contributed by atoms with Crippen LogP contribution < -0.4 is 22.5 Å². The molecule has 0 amide bonds. The van der Waals surface area contributed by atoms with E-state index < -0.39 is 0 Å². The Morgan fingerprint density at radius 3 is 2.43 bits per heavy atom. The number of ether oxygens (including phenoxy) is 1. The molecule has 0 atom stereocenters. The van der Waals surface area contributed by atoms with E-state index in [1.54, 1.807) is 11.3 Å². The molecular weight excluding hydrogens is 326 g/mol. The third-order valence-corrected chi connectivity index (χ3v) is 4.23. The van der Waals surface area contributed by atoms with E-state index in [0.29, 0.717) is 6.61 Å². The summed E-state index contributed by atoms with van der Waals surface area (Å²) in [6.07, 6.45) is 0. The molecule has 0 saturated carbocycles. The fourth-order valence-corrected chi connectivity index (χ4v) is 2.90. The normalized spacial score (nSPS) is 10.1. The first-order chi connectivity index (χ1) is 10.9. The zero-order chi connectivity index (χ0) is 15.0. The number of benzene rings is 2. The highest BCUT2D eigenvalue weighted by Crippen LogP contribution is 2.15. The average Bonchev–Trinajstić information content (AvgIpc) is 3.08. The van der Waals surface area contributed by atoms with Crippen molar-refractivity contribution < 1.29 is 17.1 Å². The van der Waals surface area contributed by atoms with Gasteiger partial charge in [-0.3, -0.25) is 0 Å². The third kappa shape index (κ3) is 5.71. The summed E-state index contributed by atoms with van der Waals surface area (Å²) >= 11 is 1.78. The first-order valence-corrected chi connectivity index (χ1v) is 8.27. The van der Waals surface area contributed by atoms with Crippen LogP contribution in [0.5, 0.6) is 5.75 Å². The number of hydrogen-bond donors (Lipinski definition) is 1. The van der Waals surface area contributed by atoms with E-state index in [2.05, 4.69) is 47.1 Å². The molecule has 0 aliphatic heterocycles. The molecule has 3 rings (SSSR count). The van der Waals surface area contributed by atoms with Gasteiger partial charge >= 0.3 is 0 Å². The average molecular weight is 345 g/mol. The van der Waals surface area contributed by atoms with Crippen LogP contribution in [0, 0.1) is 0 Å². The summed E-state index contributed by atoms with van der Waals surface area (Å²) < 4.78 is 5.86. The zero-order valence-corrected chi connectivity index (χ0v) is 14.3. The SMILES string of the molecule is [Cl-].c1ccc(COc2cccc(CNCc3cccs3)c2)cc1. The summed E-state index contributed by atoms with van der Waals surface area (Å²) in [6.45, 7) is 2.36. The smallest absolute Gasteiger partial charge is 0.120 e. The van der Waals surface area contributed by atoms with E-state index in [1.807, 2.05) is 30.3 Å². The van der Waals surface area contributed by atoms with E-state index in [9.17, 15) is 0 Å². The first kappa shape index (κ1) is 17.5. The minimum absolute atomic E-state index is 0. The molecule has 0 bridgehead atoms. The van der Waals surface area contributed by atoms with Crippen LogP contribution in [0.4, 0.5) is 0 Å². The zero-order valence-electron chi connectivity index (χ0n) is 12.7. The van der Waals surface area contributed by atoms with E-state index >= 15 is 0 Å². The molecule has 1 N–H and O–H groups in total. The fraction of sp³-hybridized carbons (Fsp3) is 0.158. The van der Waals surface area contributed by atoms with E-state index in [0.717, 1.165) is 18.8 Å². The van der Waals surface area contributed by atoms with Crippen molar-refractivity contribution in [3.05, 3.63) is 88.1 Å². The summed E-state index contributed by atoms with van der Waals surface area (Å²) in [7, 11) is 0. The van der Waals surface area contributed by atoms with Crippen molar-refractivity contribution in [2.45, 2.75) is 19.7 Å². The second-order valence-corrected chi connectivity index (χ2v) is 6.14. The Balaban J connectivity index is 0.00000192. The molecule has 1 aromatic heterocycles. The second kappa shape index (κ2) is 9.36. The summed E-state index contributed by atoms with van der Waals surface area (Å²) in [4.78, 5) is 1.36. The van der Waals surface area contributed by atoms with Gasteiger partial charge in [0.15, 0.2) is 0 Å². The highest BCUT2D eigenvalue weighted by molar-refractivity contribution is 7.09. The topological polar surface area (TPSA) is 21.3 Å². The van der Waals surface area contributed by atoms with Crippen LogP contribution in [-0.2, 0) is 19.7 Å². The molecule has 0 aliphatic carbocycles. The van der Waals surface area contributed by atoms with Gasteiger partial charge in [-0.1, -0.05) is 48.5 Å². The summed E-state index contributed by atoms with van der Waals surface area (Å²) in [5.74, 6) is 0.916. The van der Waals surface area contributed by atoms with Gasteiger partial charge in [0.25, 0.3) is 0 Å². The Bertz CT molecular complexity index is 686. The van der Waals surface area contributed by atoms with Crippen LogP contribution in [0.2, 0.25) is 0 Å². The lowest BCUT2D eigenvalue weighted by Gasteiger charge is -2.09. The molecule has 0 aliphatic rings. The highest BCUT2D eigenvalue weighted by atomic mass is 35.5. The maximum Gasteiger partial charge on any atom is 0.120 e. The number of nitrogens with one attached hydrogen (secondary N) is 1. The maximum atomic E-state index is 5.86. The number of hydrogen-bond acceptors (Lipinski definition) is 3. The van der Waals surface area contributed by atoms with Gasteiger partial charge in [-0.15, -0.1) is 11.3 Å². The molecule has 3 aromatic rings. The van der Waals surface area contributed by atoms with Crippen LogP contribution >= 0.6 is 11.3 Å². The Hall–Kier alpha value is -1.81. The molecule has 1 heterocycles. The van der Waals surface area contributed by atoms with Gasteiger partial charge in [0.2, 0.25) is 0 Å². The molecule has 23 heavy (non-hydrogen) atoms. The molecule has 2 nitrogen and oxygen atoms in total. The number of thiophene rings is 1. The lowest BCUT2D eigenvalue weighted by Crippen LogP contribution is -3.00. The van der Waals surface area contributed by atoms with Gasteiger partial charge in [0.1, 0.15) is 12.4 Å². The molecule has 0 saturated heterocycles. The quantitative estimate of drug-likeness (QED) is 0.703. The Labute approximate surface area is 147 Å². The maximum absolute atomic E-state index is 5.86. The van der Waals surface area contributed by atoms with Crippen LogP contribution in [0.25, 0.3) is 0 Å². The van der Waals surface area contributed by atoms with Gasteiger partial charge in [0, 0.05) is 18.0 Å². The second-order valence-electron chi connectivity index (χ2n) is 5.10. The predicted octanol–water partition coefficient (Wildman–Crippen LogP) is 1.62. The van der Waals surface area contributed by atoms with E-state index in [1.165, 1.54) is 16.0 Å². The fourth-order valence-electron chi connectivity index (χ4n) is 2.23. The predicted molar refractivity (Wildman–Crippen MR) is 92.1 cm³/mol. The Morgan fingerprint density at radius 1 is 0.826 bits per heavy atom. The van der Waals surface area contributed by atoms with Crippen molar-refractivity contribution in [1.82, 2.24) is 5.32 Å². The molecule has 2 aromatic carbocycles. The summed E-state index contributed by atoms with van der Waals surface area (Å²) in [5.41, 5.74) is 2.42. The first-order valence-electron chi connectivity index (χ1n) is 7.39.